The number of nitrogens with one attached hydrogen (secondary N) is 1. The summed E-state index contributed by atoms with van der Waals surface area (Å²) in [5.74, 6) is 1.34. The largest absolute Gasteiger partial charge is 0.381 e. The van der Waals surface area contributed by atoms with Crippen LogP contribution in [0.4, 0.5) is 5.82 Å². The quantitative estimate of drug-likeness (QED) is 0.865. The zero-order chi connectivity index (χ0) is 12.1. The van der Waals surface area contributed by atoms with E-state index in [0.29, 0.717) is 11.5 Å². The first-order valence-corrected chi connectivity index (χ1v) is 5.98. The molecule has 1 aromatic rings. The Hall–Kier alpha value is -1.60. The minimum atomic E-state index is 0.552. The summed E-state index contributed by atoms with van der Waals surface area (Å²) in [7, 11) is 0. The van der Waals surface area contributed by atoms with E-state index in [1.165, 1.54) is 6.42 Å². The molecule has 0 spiro atoms. The van der Waals surface area contributed by atoms with Gasteiger partial charge in [0.2, 0.25) is 0 Å². The predicted molar refractivity (Wildman–Crippen MR) is 65.7 cm³/mol. The van der Waals surface area contributed by atoms with Crippen LogP contribution in [-0.4, -0.2) is 24.7 Å². The highest BCUT2D eigenvalue weighted by Crippen LogP contribution is 2.15. The van der Waals surface area contributed by atoms with Crippen molar-refractivity contribution < 1.29 is 4.74 Å². The van der Waals surface area contributed by atoms with Crippen molar-refractivity contribution in [3.8, 4) is 6.07 Å². The van der Waals surface area contributed by atoms with Crippen LogP contribution in [0.2, 0.25) is 0 Å². The van der Waals surface area contributed by atoms with E-state index in [4.69, 9.17) is 10.00 Å². The first kappa shape index (κ1) is 11.9. The van der Waals surface area contributed by atoms with E-state index in [1.54, 1.807) is 12.1 Å². The van der Waals surface area contributed by atoms with Gasteiger partial charge in [-0.3, -0.25) is 0 Å². The van der Waals surface area contributed by atoms with Gasteiger partial charge in [0.1, 0.15) is 5.82 Å². The van der Waals surface area contributed by atoms with Crippen LogP contribution in [0, 0.1) is 24.2 Å². The van der Waals surface area contributed by atoms with Gasteiger partial charge in [-0.15, -0.1) is 0 Å². The fraction of sp³-hybridized carbons (Fsp3) is 0.538. The van der Waals surface area contributed by atoms with E-state index >= 15 is 0 Å². The van der Waals surface area contributed by atoms with Gasteiger partial charge in [0.25, 0.3) is 0 Å². The van der Waals surface area contributed by atoms with Crippen LogP contribution in [-0.2, 0) is 4.74 Å². The minimum Gasteiger partial charge on any atom is -0.381 e. The van der Waals surface area contributed by atoms with Gasteiger partial charge in [0.15, 0.2) is 0 Å². The van der Waals surface area contributed by atoms with Gasteiger partial charge in [-0.25, -0.2) is 4.98 Å². The van der Waals surface area contributed by atoms with Gasteiger partial charge in [-0.1, -0.05) is 0 Å². The van der Waals surface area contributed by atoms with E-state index in [9.17, 15) is 0 Å². The molecule has 2 rings (SSSR count). The molecular weight excluding hydrogens is 214 g/mol. The smallest absolute Gasteiger partial charge is 0.127 e. The fourth-order valence-corrected chi connectivity index (χ4v) is 2.04. The summed E-state index contributed by atoms with van der Waals surface area (Å²) < 4.78 is 5.43. The Morgan fingerprint density at radius 2 is 2.47 bits per heavy atom. The normalized spacial score (nSPS) is 19.6. The number of hydrogen-bond acceptors (Lipinski definition) is 4. The van der Waals surface area contributed by atoms with Crippen LogP contribution < -0.4 is 5.32 Å². The lowest BCUT2D eigenvalue weighted by molar-refractivity contribution is 0.0595. The molecule has 0 radical (unpaired) electrons. The number of ether oxygens (including phenoxy) is 1. The first-order chi connectivity index (χ1) is 8.28. The van der Waals surface area contributed by atoms with Crippen LogP contribution in [0.3, 0.4) is 0 Å². The fourth-order valence-electron chi connectivity index (χ4n) is 2.04. The van der Waals surface area contributed by atoms with E-state index in [0.717, 1.165) is 37.7 Å². The molecule has 1 fully saturated rings. The summed E-state index contributed by atoms with van der Waals surface area (Å²) in [4.78, 5) is 4.36. The summed E-state index contributed by atoms with van der Waals surface area (Å²) in [5.41, 5.74) is 1.52. The molecule has 0 bridgehead atoms. The van der Waals surface area contributed by atoms with Crippen molar-refractivity contribution >= 4 is 5.82 Å². The van der Waals surface area contributed by atoms with E-state index < -0.39 is 0 Å². The SMILES string of the molecule is Cc1cc(C#N)cc(NCC2CCCOC2)n1. The zero-order valence-electron chi connectivity index (χ0n) is 10.1. The Labute approximate surface area is 102 Å². The third-order valence-corrected chi connectivity index (χ3v) is 2.91. The molecule has 1 unspecified atom stereocenters. The molecule has 1 saturated heterocycles. The second-order valence-corrected chi connectivity index (χ2v) is 4.46. The van der Waals surface area contributed by atoms with Crippen LogP contribution in [0.1, 0.15) is 24.1 Å². The molecule has 1 atom stereocenters. The van der Waals surface area contributed by atoms with Gasteiger partial charge in [-0.2, -0.15) is 5.26 Å². The van der Waals surface area contributed by atoms with Gasteiger partial charge >= 0.3 is 0 Å². The molecule has 4 nitrogen and oxygen atoms in total. The standard InChI is InChI=1S/C13H17N3O/c1-10-5-12(7-14)6-13(16-10)15-8-11-3-2-4-17-9-11/h5-6,11H,2-4,8-9H2,1H3,(H,15,16). The van der Waals surface area contributed by atoms with Crippen molar-refractivity contribution in [3.05, 3.63) is 23.4 Å². The van der Waals surface area contributed by atoms with Crippen molar-refractivity contribution in [3.63, 3.8) is 0 Å². The molecule has 0 saturated carbocycles. The van der Waals surface area contributed by atoms with Gasteiger partial charge in [0.05, 0.1) is 18.2 Å². The highest BCUT2D eigenvalue weighted by atomic mass is 16.5. The summed E-state index contributed by atoms with van der Waals surface area (Å²) in [6.45, 7) is 4.47. The topological polar surface area (TPSA) is 57.9 Å². The predicted octanol–water partition coefficient (Wildman–Crippen LogP) is 2.10. The molecule has 0 amide bonds. The number of aryl methyl sites for hydroxylation is 1. The maximum atomic E-state index is 8.88. The number of rotatable bonds is 3. The third-order valence-electron chi connectivity index (χ3n) is 2.91. The number of pyridine rings is 1. The van der Waals surface area contributed by atoms with Crippen molar-refractivity contribution in [2.24, 2.45) is 5.92 Å². The van der Waals surface area contributed by atoms with Gasteiger partial charge in [-0.05, 0) is 37.8 Å². The average Bonchev–Trinajstić information content (AvgIpc) is 2.37. The lowest BCUT2D eigenvalue weighted by atomic mass is 10.0. The second kappa shape index (κ2) is 5.65. The Balaban J connectivity index is 1.94. The molecule has 1 aliphatic heterocycles. The van der Waals surface area contributed by atoms with Crippen LogP contribution in [0.15, 0.2) is 12.1 Å². The van der Waals surface area contributed by atoms with Crippen LogP contribution in [0.25, 0.3) is 0 Å². The minimum absolute atomic E-state index is 0.552. The lowest BCUT2D eigenvalue weighted by Gasteiger charge is -2.22. The number of nitriles is 1. The van der Waals surface area contributed by atoms with E-state index in [2.05, 4.69) is 16.4 Å². The number of anilines is 1. The zero-order valence-corrected chi connectivity index (χ0v) is 10.1. The maximum Gasteiger partial charge on any atom is 0.127 e. The molecule has 2 heterocycles. The molecule has 0 aliphatic carbocycles. The highest BCUT2D eigenvalue weighted by Gasteiger charge is 2.13. The van der Waals surface area contributed by atoms with E-state index in [-0.39, 0.29) is 0 Å². The van der Waals surface area contributed by atoms with Gasteiger partial charge < -0.3 is 10.1 Å². The van der Waals surface area contributed by atoms with Crippen LogP contribution >= 0.6 is 0 Å². The Kier molecular flexibility index (Phi) is 3.94. The summed E-state index contributed by atoms with van der Waals surface area (Å²) >= 11 is 0. The molecule has 1 aromatic heterocycles. The number of hydrogen-bond donors (Lipinski definition) is 1. The van der Waals surface area contributed by atoms with Crippen molar-refractivity contribution in [2.45, 2.75) is 19.8 Å². The number of aromatic nitrogens is 1. The molecule has 90 valence electrons. The Morgan fingerprint density at radius 3 is 3.18 bits per heavy atom. The van der Waals surface area contributed by atoms with E-state index in [1.807, 2.05) is 6.92 Å². The summed E-state index contributed by atoms with van der Waals surface area (Å²) in [6.07, 6.45) is 2.33. The monoisotopic (exact) mass is 231 g/mol. The van der Waals surface area contributed by atoms with Crippen molar-refractivity contribution in [1.82, 2.24) is 4.98 Å². The molecule has 4 heteroatoms. The summed E-state index contributed by atoms with van der Waals surface area (Å²) in [6, 6.07) is 5.72. The average molecular weight is 231 g/mol. The maximum absolute atomic E-state index is 8.88. The Morgan fingerprint density at radius 1 is 1.59 bits per heavy atom. The number of nitrogens with zero attached hydrogens (tertiary/aromatic N) is 2. The molecule has 1 aliphatic rings. The lowest BCUT2D eigenvalue weighted by Crippen LogP contribution is -2.24. The molecule has 17 heavy (non-hydrogen) atoms. The van der Waals surface area contributed by atoms with Crippen molar-refractivity contribution in [2.75, 3.05) is 25.1 Å². The summed E-state index contributed by atoms with van der Waals surface area (Å²) in [5, 5.41) is 12.2. The second-order valence-electron chi connectivity index (χ2n) is 4.46. The molecular formula is C13H17N3O. The van der Waals surface area contributed by atoms with Gasteiger partial charge in [0, 0.05) is 18.8 Å². The Bertz CT molecular complexity index is 419. The van der Waals surface area contributed by atoms with Crippen molar-refractivity contribution in [1.29, 1.82) is 5.26 Å². The molecule has 1 N–H and O–H groups in total. The third kappa shape index (κ3) is 3.43. The molecule has 0 aromatic carbocycles. The van der Waals surface area contributed by atoms with Crippen LogP contribution in [0.5, 0.6) is 0 Å². The highest BCUT2D eigenvalue weighted by molar-refractivity contribution is 5.44. The first-order valence-electron chi connectivity index (χ1n) is 5.98.